The molecule has 0 fully saturated rings. The van der Waals surface area contributed by atoms with Gasteiger partial charge >= 0.3 is 11.8 Å². The van der Waals surface area contributed by atoms with E-state index in [0.29, 0.717) is 0 Å². The second-order valence-corrected chi connectivity index (χ2v) is 3.62. The molecule has 0 aliphatic heterocycles. The maximum absolute atomic E-state index is 13.1. The lowest BCUT2D eigenvalue weighted by Crippen LogP contribution is -2.43. The number of halogens is 3. The van der Waals surface area contributed by atoms with Crippen molar-refractivity contribution in [3.8, 4) is 0 Å². The van der Waals surface area contributed by atoms with Crippen LogP contribution >= 0.6 is 0 Å². The molecule has 20 heavy (non-hydrogen) atoms. The van der Waals surface area contributed by atoms with E-state index >= 15 is 0 Å². The number of nitro benzene ring substituents is 1. The lowest BCUT2D eigenvalue weighted by Gasteiger charge is -2.13. The van der Waals surface area contributed by atoms with Gasteiger partial charge in [0.2, 0.25) is 5.78 Å². The Hall–Kier alpha value is -2.65. The van der Waals surface area contributed by atoms with Crippen LogP contribution in [0, 0.1) is 10.1 Å². The quantitative estimate of drug-likeness (QED) is 0.367. The minimum atomic E-state index is -4.56. The number of carbonyl (C=O) groups excluding carboxylic acids is 2. The first-order valence-corrected chi connectivity index (χ1v) is 5.02. The number of carbonyl (C=O) groups is 2. The molecule has 0 heterocycles. The molecular formula is C10H8F3N3O4. The number of nitrogens with two attached hydrogens (primary N) is 1. The van der Waals surface area contributed by atoms with Crippen LogP contribution in [0.15, 0.2) is 18.2 Å². The van der Waals surface area contributed by atoms with Crippen molar-refractivity contribution in [1.82, 2.24) is 0 Å². The zero-order valence-electron chi connectivity index (χ0n) is 9.73. The Morgan fingerprint density at radius 1 is 1.40 bits per heavy atom. The number of nitrogen functional groups attached to an aromatic ring is 1. The molecule has 0 saturated carbocycles. The smallest absolute Gasteiger partial charge is 0.384 e. The zero-order valence-corrected chi connectivity index (χ0v) is 9.73. The number of hydrogen-bond donors (Lipinski definition) is 2. The van der Waals surface area contributed by atoms with E-state index in [9.17, 15) is 32.9 Å². The number of Topliss-reactive ketones (excluding diaryl/α,β-unsaturated/α-hetero) is 1. The van der Waals surface area contributed by atoms with Gasteiger partial charge in [0.05, 0.1) is 4.92 Å². The van der Waals surface area contributed by atoms with Crippen LogP contribution in [0.1, 0.15) is 0 Å². The van der Waals surface area contributed by atoms with Gasteiger partial charge < -0.3 is 11.1 Å². The van der Waals surface area contributed by atoms with Gasteiger partial charge in [-0.15, -0.1) is 0 Å². The van der Waals surface area contributed by atoms with Crippen molar-refractivity contribution >= 4 is 28.8 Å². The highest BCUT2D eigenvalue weighted by Crippen LogP contribution is 2.26. The highest BCUT2D eigenvalue weighted by molar-refractivity contribution is 6.13. The van der Waals surface area contributed by atoms with Crippen LogP contribution < -0.4 is 11.1 Å². The molecule has 0 saturated heterocycles. The van der Waals surface area contributed by atoms with E-state index in [2.05, 4.69) is 0 Å². The second kappa shape index (κ2) is 5.55. The van der Waals surface area contributed by atoms with Crippen molar-refractivity contribution in [3.05, 3.63) is 28.3 Å². The Labute approximate surface area is 109 Å². The molecular weight excluding hydrogens is 283 g/mol. The van der Waals surface area contributed by atoms with Gasteiger partial charge in [-0.3, -0.25) is 19.7 Å². The molecule has 0 atom stereocenters. The number of alkyl halides is 3. The van der Waals surface area contributed by atoms with Gasteiger partial charge in [0.15, 0.2) is 6.67 Å². The van der Waals surface area contributed by atoms with E-state index in [1.807, 2.05) is 0 Å². The summed E-state index contributed by atoms with van der Waals surface area (Å²) in [4.78, 5) is 31.4. The van der Waals surface area contributed by atoms with Gasteiger partial charge in [-0.25, -0.2) is 4.39 Å². The van der Waals surface area contributed by atoms with Crippen molar-refractivity contribution in [2.75, 3.05) is 17.7 Å². The lowest BCUT2D eigenvalue weighted by molar-refractivity contribution is -0.383. The van der Waals surface area contributed by atoms with Gasteiger partial charge in [-0.2, -0.15) is 8.78 Å². The zero-order chi connectivity index (χ0) is 15.5. The molecule has 1 rings (SSSR count). The van der Waals surface area contributed by atoms with E-state index in [1.54, 1.807) is 5.32 Å². The van der Waals surface area contributed by atoms with Crippen LogP contribution in [0.25, 0.3) is 0 Å². The molecule has 108 valence electrons. The number of nitrogens with one attached hydrogen (secondary N) is 1. The molecule has 0 aromatic heterocycles. The van der Waals surface area contributed by atoms with Crippen LogP contribution in [-0.4, -0.2) is 29.2 Å². The Kier molecular flexibility index (Phi) is 4.27. The third-order valence-corrected chi connectivity index (χ3v) is 2.24. The normalized spacial score (nSPS) is 10.9. The van der Waals surface area contributed by atoms with Crippen molar-refractivity contribution in [3.63, 3.8) is 0 Å². The van der Waals surface area contributed by atoms with Gasteiger partial charge in [0.25, 0.3) is 5.69 Å². The molecule has 0 radical (unpaired) electrons. The van der Waals surface area contributed by atoms with E-state index < -0.39 is 34.9 Å². The predicted molar refractivity (Wildman–Crippen MR) is 62.1 cm³/mol. The van der Waals surface area contributed by atoms with Crippen LogP contribution in [0.5, 0.6) is 0 Å². The highest BCUT2D eigenvalue weighted by atomic mass is 19.3. The number of anilines is 2. The number of rotatable bonds is 5. The molecule has 0 unspecified atom stereocenters. The van der Waals surface area contributed by atoms with Crippen molar-refractivity contribution in [2.24, 2.45) is 0 Å². The Morgan fingerprint density at radius 2 is 2.00 bits per heavy atom. The Balaban J connectivity index is 3.00. The first-order chi connectivity index (χ1) is 9.20. The SMILES string of the molecule is Nc1ccc(NC(=O)C(F)(F)C(=O)CF)cc1[N+](=O)[O-]. The fraction of sp³-hybridized carbons (Fsp3) is 0.200. The second-order valence-electron chi connectivity index (χ2n) is 3.62. The summed E-state index contributed by atoms with van der Waals surface area (Å²) in [6.07, 6.45) is 0. The van der Waals surface area contributed by atoms with Crippen molar-refractivity contribution in [2.45, 2.75) is 5.92 Å². The topological polar surface area (TPSA) is 115 Å². The number of amides is 1. The summed E-state index contributed by atoms with van der Waals surface area (Å²) < 4.78 is 38.0. The number of nitrogens with zero attached hydrogens (tertiary/aromatic N) is 1. The number of nitro groups is 1. The molecule has 10 heteroatoms. The maximum Gasteiger partial charge on any atom is 0.384 e. The first-order valence-electron chi connectivity index (χ1n) is 5.02. The molecule has 0 spiro atoms. The molecule has 0 aliphatic rings. The number of hydrogen-bond acceptors (Lipinski definition) is 5. The van der Waals surface area contributed by atoms with Crippen molar-refractivity contribution in [1.29, 1.82) is 0 Å². The Bertz CT molecular complexity index is 577. The van der Waals surface area contributed by atoms with Crippen LogP contribution in [0.3, 0.4) is 0 Å². The number of ketones is 1. The molecule has 7 nitrogen and oxygen atoms in total. The fourth-order valence-electron chi connectivity index (χ4n) is 1.20. The molecule has 0 bridgehead atoms. The fourth-order valence-corrected chi connectivity index (χ4v) is 1.20. The van der Waals surface area contributed by atoms with Crippen LogP contribution in [-0.2, 0) is 9.59 Å². The van der Waals surface area contributed by atoms with Crippen LogP contribution in [0.4, 0.5) is 30.2 Å². The summed E-state index contributed by atoms with van der Waals surface area (Å²) in [7, 11) is 0. The highest BCUT2D eigenvalue weighted by Gasteiger charge is 2.46. The van der Waals surface area contributed by atoms with E-state index in [4.69, 9.17) is 5.73 Å². The van der Waals surface area contributed by atoms with Gasteiger partial charge in [0.1, 0.15) is 5.69 Å². The summed E-state index contributed by atoms with van der Waals surface area (Å²) >= 11 is 0. The molecule has 1 aromatic carbocycles. The Morgan fingerprint density at radius 3 is 2.50 bits per heavy atom. The van der Waals surface area contributed by atoms with Gasteiger partial charge in [-0.1, -0.05) is 0 Å². The van der Waals surface area contributed by atoms with Gasteiger partial charge in [0, 0.05) is 11.8 Å². The summed E-state index contributed by atoms with van der Waals surface area (Å²) in [6, 6.07) is 2.78. The summed E-state index contributed by atoms with van der Waals surface area (Å²) in [5.41, 5.74) is 4.05. The number of benzene rings is 1. The first kappa shape index (κ1) is 15.4. The third kappa shape index (κ3) is 3.02. The minimum absolute atomic E-state index is 0.236. The predicted octanol–water partition coefficient (Wildman–Crippen LogP) is 1.29. The molecule has 3 N–H and O–H groups in total. The summed E-state index contributed by atoms with van der Waals surface area (Å²) in [5, 5.41) is 12.2. The lowest BCUT2D eigenvalue weighted by atomic mass is 10.2. The molecule has 1 amide bonds. The third-order valence-electron chi connectivity index (χ3n) is 2.24. The van der Waals surface area contributed by atoms with Gasteiger partial charge in [-0.05, 0) is 12.1 Å². The van der Waals surface area contributed by atoms with E-state index in [1.165, 1.54) is 0 Å². The average molecular weight is 291 g/mol. The van der Waals surface area contributed by atoms with Crippen molar-refractivity contribution < 1.29 is 27.7 Å². The largest absolute Gasteiger partial charge is 0.393 e. The minimum Gasteiger partial charge on any atom is -0.393 e. The monoisotopic (exact) mass is 291 g/mol. The summed E-state index contributed by atoms with van der Waals surface area (Å²) in [6.45, 7) is -2.01. The standard InChI is InChI=1S/C10H8F3N3O4/c11-4-8(17)10(12,13)9(18)15-5-1-2-6(14)7(3-5)16(19)20/h1-3H,4,14H2,(H,15,18). The van der Waals surface area contributed by atoms with Crippen LogP contribution in [0.2, 0.25) is 0 Å². The summed E-state index contributed by atoms with van der Waals surface area (Å²) in [5.74, 6) is -8.86. The maximum atomic E-state index is 13.1. The van der Waals surface area contributed by atoms with E-state index in [-0.39, 0.29) is 11.4 Å². The molecule has 1 aromatic rings. The average Bonchev–Trinajstić information content (AvgIpc) is 2.39. The molecule has 0 aliphatic carbocycles. The van der Waals surface area contributed by atoms with E-state index in [0.717, 1.165) is 18.2 Å².